The zero-order valence-electron chi connectivity index (χ0n) is 15.4. The van der Waals surface area contributed by atoms with Gasteiger partial charge in [-0.05, 0) is 31.2 Å². The molecule has 2 rings (SSSR count). The van der Waals surface area contributed by atoms with Crippen LogP contribution in [0.25, 0.3) is 0 Å². The highest BCUT2D eigenvalue weighted by Crippen LogP contribution is 2.23. The van der Waals surface area contributed by atoms with E-state index in [0.29, 0.717) is 16.9 Å². The number of methoxy groups -OCH3 is 2. The first-order chi connectivity index (χ1) is 13.3. The molecular formula is C19H17NO8. The quantitative estimate of drug-likeness (QED) is 0.308. The molecule has 0 aliphatic rings. The largest absolute Gasteiger partial charge is 0.496 e. The van der Waals surface area contributed by atoms with Crippen LogP contribution in [0, 0.1) is 10.1 Å². The van der Waals surface area contributed by atoms with Crippen LogP contribution in [0.15, 0.2) is 36.4 Å². The number of ketones is 1. The molecule has 0 atom stereocenters. The molecule has 9 nitrogen and oxygen atoms in total. The number of rotatable bonds is 7. The second-order valence-corrected chi connectivity index (χ2v) is 5.68. The highest BCUT2D eigenvalue weighted by Gasteiger charge is 2.20. The molecule has 0 saturated heterocycles. The van der Waals surface area contributed by atoms with Gasteiger partial charge in [-0.15, -0.1) is 0 Å². The van der Waals surface area contributed by atoms with Gasteiger partial charge in [0.2, 0.25) is 0 Å². The molecule has 0 heterocycles. The molecular weight excluding hydrogens is 370 g/mol. The Kier molecular flexibility index (Phi) is 6.43. The number of nitrogens with zero attached hydrogens (tertiary/aromatic N) is 1. The van der Waals surface area contributed by atoms with Crippen molar-refractivity contribution in [1.29, 1.82) is 0 Å². The lowest BCUT2D eigenvalue weighted by Crippen LogP contribution is -2.10. The molecule has 0 aliphatic carbocycles. The molecule has 0 unspecified atom stereocenters. The zero-order valence-corrected chi connectivity index (χ0v) is 15.4. The maximum atomic E-state index is 12.4. The third kappa shape index (κ3) is 4.70. The smallest absolute Gasteiger partial charge is 0.338 e. The molecule has 0 bridgehead atoms. The Bertz CT molecular complexity index is 951. The molecule has 9 heteroatoms. The van der Waals surface area contributed by atoms with Gasteiger partial charge in [0.15, 0.2) is 5.78 Å². The summed E-state index contributed by atoms with van der Waals surface area (Å²) < 4.78 is 14.9. The molecule has 0 fully saturated rings. The minimum atomic E-state index is -0.885. The molecule has 2 aromatic rings. The SMILES string of the molecule is COC(=O)c1cc(C(=O)OCc2cc(C(C)=O)ccc2OC)cc([N+](=O)[O-])c1. The molecule has 0 saturated carbocycles. The first-order valence-electron chi connectivity index (χ1n) is 7.99. The van der Waals surface area contributed by atoms with Crippen molar-refractivity contribution in [1.82, 2.24) is 0 Å². The second-order valence-electron chi connectivity index (χ2n) is 5.68. The fraction of sp³-hybridized carbons (Fsp3) is 0.211. The van der Waals surface area contributed by atoms with Crippen molar-refractivity contribution in [3.8, 4) is 5.75 Å². The van der Waals surface area contributed by atoms with Crippen LogP contribution in [0.4, 0.5) is 5.69 Å². The Morgan fingerprint density at radius 1 is 0.964 bits per heavy atom. The van der Waals surface area contributed by atoms with Gasteiger partial charge in [0.05, 0.1) is 30.3 Å². The molecule has 28 heavy (non-hydrogen) atoms. The highest BCUT2D eigenvalue weighted by molar-refractivity contribution is 5.96. The van der Waals surface area contributed by atoms with E-state index < -0.39 is 22.5 Å². The summed E-state index contributed by atoms with van der Waals surface area (Å²) in [4.78, 5) is 45.9. The van der Waals surface area contributed by atoms with Crippen molar-refractivity contribution < 1.29 is 33.5 Å². The number of hydrogen-bond acceptors (Lipinski definition) is 8. The Balaban J connectivity index is 2.29. The number of carbonyl (C=O) groups is 3. The summed E-state index contributed by atoms with van der Waals surface area (Å²) >= 11 is 0. The van der Waals surface area contributed by atoms with Gasteiger partial charge >= 0.3 is 11.9 Å². The fourth-order valence-electron chi connectivity index (χ4n) is 2.41. The van der Waals surface area contributed by atoms with Gasteiger partial charge in [-0.3, -0.25) is 14.9 Å². The summed E-state index contributed by atoms with van der Waals surface area (Å²) in [5.41, 5.74) is 0.0689. The lowest BCUT2D eigenvalue weighted by molar-refractivity contribution is -0.384. The molecule has 0 amide bonds. The van der Waals surface area contributed by atoms with Crippen LogP contribution in [0.3, 0.4) is 0 Å². The van der Waals surface area contributed by atoms with Crippen molar-refractivity contribution in [2.45, 2.75) is 13.5 Å². The van der Waals surface area contributed by atoms with Crippen molar-refractivity contribution in [2.24, 2.45) is 0 Å². The number of benzene rings is 2. The van der Waals surface area contributed by atoms with Crippen LogP contribution >= 0.6 is 0 Å². The summed E-state index contributed by atoms with van der Waals surface area (Å²) in [5.74, 6) is -1.47. The monoisotopic (exact) mass is 387 g/mol. The van der Waals surface area contributed by atoms with Crippen molar-refractivity contribution in [3.05, 3.63) is 68.8 Å². The number of Topliss-reactive ketones (excluding diaryl/α,β-unsaturated/α-hetero) is 1. The second kappa shape index (κ2) is 8.76. The Morgan fingerprint density at radius 2 is 1.61 bits per heavy atom. The van der Waals surface area contributed by atoms with E-state index in [2.05, 4.69) is 4.74 Å². The van der Waals surface area contributed by atoms with E-state index in [4.69, 9.17) is 9.47 Å². The fourth-order valence-corrected chi connectivity index (χ4v) is 2.41. The number of hydrogen-bond donors (Lipinski definition) is 0. The molecule has 2 aromatic carbocycles. The van der Waals surface area contributed by atoms with Crippen LogP contribution < -0.4 is 4.74 Å². The number of nitro groups is 1. The number of ether oxygens (including phenoxy) is 3. The maximum Gasteiger partial charge on any atom is 0.338 e. The van der Waals surface area contributed by atoms with E-state index in [9.17, 15) is 24.5 Å². The maximum absolute atomic E-state index is 12.4. The number of nitro benzene ring substituents is 1. The molecule has 0 spiro atoms. The average Bonchev–Trinajstić information content (AvgIpc) is 2.70. The van der Waals surface area contributed by atoms with E-state index in [0.717, 1.165) is 25.3 Å². The van der Waals surface area contributed by atoms with Crippen molar-refractivity contribution in [3.63, 3.8) is 0 Å². The van der Waals surface area contributed by atoms with Gasteiger partial charge in [0.1, 0.15) is 12.4 Å². The Labute approximate surface area is 160 Å². The van der Waals surface area contributed by atoms with Gasteiger partial charge in [-0.2, -0.15) is 0 Å². The zero-order chi connectivity index (χ0) is 20.8. The summed E-state index contributed by atoms with van der Waals surface area (Å²) in [5, 5.41) is 11.1. The van der Waals surface area contributed by atoms with Crippen molar-refractivity contribution in [2.75, 3.05) is 14.2 Å². The van der Waals surface area contributed by atoms with E-state index in [1.54, 1.807) is 12.1 Å². The first-order valence-corrected chi connectivity index (χ1v) is 7.99. The highest BCUT2D eigenvalue weighted by atomic mass is 16.6. The summed E-state index contributed by atoms with van der Waals surface area (Å²) in [7, 11) is 2.55. The van der Waals surface area contributed by atoms with E-state index >= 15 is 0 Å². The Morgan fingerprint density at radius 3 is 2.14 bits per heavy atom. The molecule has 0 aliphatic heterocycles. The summed E-state index contributed by atoms with van der Waals surface area (Å²) in [6.07, 6.45) is 0. The molecule has 0 N–H and O–H groups in total. The van der Waals surface area contributed by atoms with E-state index in [1.165, 1.54) is 20.1 Å². The molecule has 146 valence electrons. The van der Waals surface area contributed by atoms with E-state index in [-0.39, 0.29) is 23.5 Å². The predicted molar refractivity (Wildman–Crippen MR) is 96.6 cm³/mol. The first kappa shape index (κ1) is 20.6. The predicted octanol–water partition coefficient (Wildman–Crippen LogP) is 2.95. The minimum Gasteiger partial charge on any atom is -0.496 e. The summed E-state index contributed by atoms with van der Waals surface area (Å²) in [6.45, 7) is 1.16. The lowest BCUT2D eigenvalue weighted by atomic mass is 10.1. The van der Waals surface area contributed by atoms with E-state index in [1.807, 2.05) is 0 Å². The normalized spacial score (nSPS) is 10.1. The van der Waals surface area contributed by atoms with Gasteiger partial charge in [0.25, 0.3) is 5.69 Å². The topological polar surface area (TPSA) is 122 Å². The van der Waals surface area contributed by atoms with Crippen LogP contribution in [-0.2, 0) is 16.1 Å². The van der Waals surface area contributed by atoms with Gasteiger partial charge < -0.3 is 14.2 Å². The lowest BCUT2D eigenvalue weighted by Gasteiger charge is -2.11. The average molecular weight is 387 g/mol. The molecule has 0 radical (unpaired) electrons. The van der Waals surface area contributed by atoms with Crippen LogP contribution in [0.5, 0.6) is 5.75 Å². The van der Waals surface area contributed by atoms with Crippen LogP contribution in [0.2, 0.25) is 0 Å². The van der Waals surface area contributed by atoms with Crippen molar-refractivity contribution >= 4 is 23.4 Å². The van der Waals surface area contributed by atoms with Crippen LogP contribution in [0.1, 0.15) is 43.6 Å². The number of carbonyl (C=O) groups excluding carboxylic acids is 3. The third-order valence-electron chi connectivity index (χ3n) is 3.83. The van der Waals surface area contributed by atoms with Gasteiger partial charge in [-0.25, -0.2) is 9.59 Å². The third-order valence-corrected chi connectivity index (χ3v) is 3.83. The standard InChI is InChI=1S/C19H17NO8/c1-11(21)12-4-5-17(26-2)15(6-12)10-28-19(23)14-7-13(18(22)27-3)8-16(9-14)20(24)25/h4-9H,10H2,1-3H3. The number of esters is 2. The number of non-ortho nitro benzene ring substituents is 1. The summed E-state index contributed by atoms with van der Waals surface area (Å²) in [6, 6.07) is 7.82. The Hall–Kier alpha value is -3.75. The van der Waals surface area contributed by atoms with Gasteiger partial charge in [0, 0.05) is 23.3 Å². The minimum absolute atomic E-state index is 0.153. The van der Waals surface area contributed by atoms with Gasteiger partial charge in [-0.1, -0.05) is 0 Å². The molecule has 0 aromatic heterocycles. The van der Waals surface area contributed by atoms with Crippen LogP contribution in [-0.4, -0.2) is 36.9 Å².